The van der Waals surface area contributed by atoms with Gasteiger partial charge in [-0.1, -0.05) is 0 Å². The van der Waals surface area contributed by atoms with Gasteiger partial charge in [-0.05, 0) is 0 Å². The number of hydrogen-bond donors (Lipinski definition) is 4. The summed E-state index contributed by atoms with van der Waals surface area (Å²) in [4.78, 5) is 11.8. The molecular formula is C3H8N2O4S. The van der Waals surface area contributed by atoms with Crippen molar-refractivity contribution in [2.75, 3.05) is 6.54 Å². The van der Waals surface area contributed by atoms with E-state index in [1.807, 2.05) is 4.83 Å². The average molecular weight is 168 g/mol. The van der Waals surface area contributed by atoms with Crippen molar-refractivity contribution in [1.82, 2.24) is 10.3 Å². The van der Waals surface area contributed by atoms with Crippen LogP contribution in [0.1, 0.15) is 6.42 Å². The predicted molar refractivity (Wildman–Crippen MR) is 34.2 cm³/mol. The summed E-state index contributed by atoms with van der Waals surface area (Å²) in [6, 6.07) is 0. The Kier molecular flexibility index (Phi) is 5.03. The van der Waals surface area contributed by atoms with Gasteiger partial charge >= 0.3 is 5.97 Å². The van der Waals surface area contributed by atoms with Crippen LogP contribution in [0.4, 0.5) is 0 Å². The molecule has 1 unspecified atom stereocenters. The molecule has 7 heteroatoms. The summed E-state index contributed by atoms with van der Waals surface area (Å²) in [5.41, 5.74) is 2.24. The van der Waals surface area contributed by atoms with Crippen molar-refractivity contribution in [3.05, 3.63) is 0 Å². The maximum Gasteiger partial charge on any atom is 0.304 e. The molecule has 0 bridgehead atoms. The normalized spacial score (nSPS) is 12.9. The zero-order valence-electron chi connectivity index (χ0n) is 5.03. The highest BCUT2D eigenvalue weighted by Gasteiger charge is 1.95. The molecule has 0 radical (unpaired) electrons. The number of carbonyl (C=O) groups is 1. The molecule has 0 spiro atoms. The molecule has 0 rings (SSSR count). The summed E-state index contributed by atoms with van der Waals surface area (Å²) < 4.78 is 17.9. The first-order chi connectivity index (χ1) is 4.63. The summed E-state index contributed by atoms with van der Waals surface area (Å²) in [6.45, 7) is 0.113. The highest BCUT2D eigenvalue weighted by molar-refractivity contribution is 7.77. The highest BCUT2D eigenvalue weighted by Crippen LogP contribution is 1.72. The molecule has 4 N–H and O–H groups in total. The van der Waals surface area contributed by atoms with Gasteiger partial charge in [0.1, 0.15) is 0 Å². The lowest BCUT2D eigenvalue weighted by Gasteiger charge is -1.98. The summed E-state index contributed by atoms with van der Waals surface area (Å²) in [5.74, 6) is -0.960. The average Bonchev–Trinajstić information content (AvgIpc) is 1.79. The number of nitrogens with one attached hydrogen (secondary N) is 2. The molecule has 6 nitrogen and oxygen atoms in total. The molecule has 0 aromatic heterocycles. The fraction of sp³-hybridized carbons (Fsp3) is 0.667. The summed E-state index contributed by atoms with van der Waals surface area (Å²) in [7, 11) is 0. The van der Waals surface area contributed by atoms with E-state index in [0.29, 0.717) is 0 Å². The van der Waals surface area contributed by atoms with Gasteiger partial charge in [0.15, 0.2) is 0 Å². The van der Waals surface area contributed by atoms with Crippen LogP contribution >= 0.6 is 0 Å². The van der Waals surface area contributed by atoms with Gasteiger partial charge < -0.3 is 5.11 Å². The number of rotatable bonds is 5. The Bertz CT molecular complexity index is 122. The molecule has 10 heavy (non-hydrogen) atoms. The summed E-state index contributed by atoms with van der Waals surface area (Å²) in [6.07, 6.45) is -0.0931. The first-order valence-electron chi connectivity index (χ1n) is 2.44. The van der Waals surface area contributed by atoms with Crippen LogP contribution in [0.3, 0.4) is 0 Å². The fourth-order valence-corrected chi connectivity index (χ4v) is 0.508. The van der Waals surface area contributed by atoms with E-state index < -0.39 is 17.2 Å². The number of aliphatic carboxylic acids is 1. The zero-order chi connectivity index (χ0) is 7.98. The third kappa shape index (κ3) is 7.50. The van der Waals surface area contributed by atoms with Crippen LogP contribution in [0.25, 0.3) is 0 Å². The van der Waals surface area contributed by atoms with Gasteiger partial charge in [-0.3, -0.25) is 9.35 Å². The van der Waals surface area contributed by atoms with Crippen LogP contribution in [-0.4, -0.2) is 26.4 Å². The molecule has 0 aliphatic heterocycles. The second-order valence-corrected chi connectivity index (χ2v) is 2.12. The first-order valence-corrected chi connectivity index (χ1v) is 3.54. The van der Waals surface area contributed by atoms with Gasteiger partial charge in [0, 0.05) is 6.54 Å². The zero-order valence-corrected chi connectivity index (χ0v) is 5.85. The predicted octanol–water partition coefficient (Wildman–Crippen LogP) is -1.31. The standard InChI is InChI=1S/C3H8N2O4S/c6-3(7)1-2-4-5-10(8)9/h4-5H,1-2H2,(H,6,7)(H,8,9). The number of carboxylic acid groups (broad SMARTS) is 1. The van der Waals surface area contributed by atoms with Crippen LogP contribution in [0.15, 0.2) is 0 Å². The topological polar surface area (TPSA) is 98.7 Å². The Morgan fingerprint density at radius 3 is 2.60 bits per heavy atom. The van der Waals surface area contributed by atoms with Crippen molar-refractivity contribution < 1.29 is 18.7 Å². The monoisotopic (exact) mass is 168 g/mol. The number of carboxylic acids is 1. The van der Waals surface area contributed by atoms with Crippen molar-refractivity contribution >= 4 is 17.2 Å². The fourth-order valence-electron chi connectivity index (χ4n) is 0.282. The van der Waals surface area contributed by atoms with Gasteiger partial charge in [-0.25, -0.2) is 9.63 Å². The molecule has 0 amide bonds. The second kappa shape index (κ2) is 5.30. The van der Waals surface area contributed by atoms with Gasteiger partial charge in [0.2, 0.25) is 11.3 Å². The van der Waals surface area contributed by atoms with Crippen LogP contribution in [-0.2, 0) is 16.1 Å². The van der Waals surface area contributed by atoms with E-state index in [-0.39, 0.29) is 13.0 Å². The van der Waals surface area contributed by atoms with E-state index in [1.165, 1.54) is 0 Å². The van der Waals surface area contributed by atoms with Crippen molar-refractivity contribution in [2.24, 2.45) is 0 Å². The van der Waals surface area contributed by atoms with E-state index in [1.54, 1.807) is 0 Å². The first kappa shape index (κ1) is 9.50. The van der Waals surface area contributed by atoms with E-state index in [4.69, 9.17) is 9.66 Å². The molecule has 0 saturated heterocycles. The third-order valence-corrected chi connectivity index (χ3v) is 0.942. The Labute approximate surface area is 60.0 Å². The molecule has 0 aromatic carbocycles. The summed E-state index contributed by atoms with van der Waals surface area (Å²) in [5, 5.41) is 8.07. The minimum atomic E-state index is -2.13. The van der Waals surface area contributed by atoms with E-state index in [9.17, 15) is 9.00 Å². The Morgan fingerprint density at radius 2 is 2.20 bits per heavy atom. The molecule has 0 heterocycles. The van der Waals surface area contributed by atoms with Crippen LogP contribution < -0.4 is 10.3 Å². The molecule has 0 saturated carbocycles. The van der Waals surface area contributed by atoms with Gasteiger partial charge in [-0.2, -0.15) is 4.83 Å². The largest absolute Gasteiger partial charge is 0.481 e. The van der Waals surface area contributed by atoms with Crippen molar-refractivity contribution in [1.29, 1.82) is 0 Å². The lowest BCUT2D eigenvalue weighted by Crippen LogP contribution is -2.34. The van der Waals surface area contributed by atoms with Gasteiger partial charge in [0.05, 0.1) is 6.42 Å². The quantitative estimate of drug-likeness (QED) is 0.232. The van der Waals surface area contributed by atoms with Crippen LogP contribution in [0.5, 0.6) is 0 Å². The van der Waals surface area contributed by atoms with Gasteiger partial charge in [0.25, 0.3) is 0 Å². The molecule has 1 atom stereocenters. The lowest BCUT2D eigenvalue weighted by atomic mass is 10.4. The third-order valence-electron chi connectivity index (χ3n) is 0.623. The molecule has 0 aromatic rings. The molecule has 0 aliphatic rings. The molecular weight excluding hydrogens is 160 g/mol. The second-order valence-electron chi connectivity index (χ2n) is 1.42. The van der Waals surface area contributed by atoms with E-state index >= 15 is 0 Å². The van der Waals surface area contributed by atoms with E-state index in [0.717, 1.165) is 0 Å². The van der Waals surface area contributed by atoms with Gasteiger partial charge in [-0.15, -0.1) is 0 Å². The highest BCUT2D eigenvalue weighted by atomic mass is 32.2. The smallest absolute Gasteiger partial charge is 0.304 e. The lowest BCUT2D eigenvalue weighted by molar-refractivity contribution is -0.136. The maximum atomic E-state index is 9.84. The Hall–Kier alpha value is -0.500. The van der Waals surface area contributed by atoms with Crippen molar-refractivity contribution in [2.45, 2.75) is 6.42 Å². The minimum absolute atomic E-state index is 0.0931. The maximum absolute atomic E-state index is 9.84. The number of hydrazine groups is 1. The van der Waals surface area contributed by atoms with Crippen LogP contribution in [0.2, 0.25) is 0 Å². The Balaban J connectivity index is 3.06. The van der Waals surface area contributed by atoms with E-state index in [2.05, 4.69) is 5.43 Å². The molecule has 60 valence electrons. The van der Waals surface area contributed by atoms with Crippen molar-refractivity contribution in [3.8, 4) is 0 Å². The van der Waals surface area contributed by atoms with Crippen LogP contribution in [0, 0.1) is 0 Å². The minimum Gasteiger partial charge on any atom is -0.481 e. The molecule has 0 aliphatic carbocycles. The summed E-state index contributed by atoms with van der Waals surface area (Å²) >= 11 is -2.13. The SMILES string of the molecule is O=C(O)CCNNS(=O)O. The Morgan fingerprint density at radius 1 is 1.60 bits per heavy atom. The number of hydrogen-bond acceptors (Lipinski definition) is 3. The molecule has 0 fully saturated rings. The van der Waals surface area contributed by atoms with Crippen molar-refractivity contribution in [3.63, 3.8) is 0 Å².